The van der Waals surface area contributed by atoms with E-state index in [1.165, 1.54) is 12.3 Å². The van der Waals surface area contributed by atoms with Crippen molar-refractivity contribution in [3.8, 4) is 0 Å². The van der Waals surface area contributed by atoms with Gasteiger partial charge in [0, 0.05) is 18.8 Å². The van der Waals surface area contributed by atoms with Gasteiger partial charge in [-0.05, 0) is 9.91 Å². The van der Waals surface area contributed by atoms with Gasteiger partial charge in [0.05, 0.1) is 6.07 Å². The Labute approximate surface area is 63.2 Å². The molecule has 1 N–H and O–H groups in total. The van der Waals surface area contributed by atoms with Crippen LogP contribution in [0.25, 0.3) is 0 Å². The summed E-state index contributed by atoms with van der Waals surface area (Å²) in [4.78, 5) is 13.2. The van der Waals surface area contributed by atoms with Crippen LogP contribution in [-0.4, -0.2) is 17.0 Å². The van der Waals surface area contributed by atoms with Crippen LogP contribution in [0.1, 0.15) is 0 Å². The zero-order valence-corrected chi connectivity index (χ0v) is 5.94. The van der Waals surface area contributed by atoms with E-state index in [2.05, 4.69) is 10.3 Å². The van der Waals surface area contributed by atoms with E-state index in [4.69, 9.17) is 0 Å². The number of nitrogens with one attached hydrogen (secondary N) is 1. The molecular weight excluding hydrogens is 146 g/mol. The van der Waals surface area contributed by atoms with Crippen LogP contribution in [0.3, 0.4) is 0 Å². The Hall–Kier alpha value is -1.65. The van der Waals surface area contributed by atoms with Gasteiger partial charge in [-0.1, -0.05) is 0 Å². The first kappa shape index (κ1) is 7.46. The first-order valence-electron chi connectivity index (χ1n) is 3.02. The minimum Gasteiger partial charge on any atom is -0.388 e. The summed E-state index contributed by atoms with van der Waals surface area (Å²) in [6.45, 7) is 0. The van der Waals surface area contributed by atoms with Crippen molar-refractivity contribution in [2.24, 2.45) is 0 Å². The highest BCUT2D eigenvalue weighted by atomic mass is 16.6. The Morgan fingerprint density at radius 2 is 2.45 bits per heavy atom. The third-order valence-electron chi connectivity index (χ3n) is 1.22. The molecule has 0 aliphatic rings. The van der Waals surface area contributed by atoms with Gasteiger partial charge in [0.2, 0.25) is 0 Å². The van der Waals surface area contributed by atoms with Gasteiger partial charge >= 0.3 is 5.82 Å². The lowest BCUT2D eigenvalue weighted by Crippen LogP contribution is -1.94. The average Bonchev–Trinajstić information content (AvgIpc) is 2.05. The van der Waals surface area contributed by atoms with Crippen molar-refractivity contribution in [1.82, 2.24) is 4.98 Å². The van der Waals surface area contributed by atoms with Crippen LogP contribution in [0, 0.1) is 10.1 Å². The fraction of sp³-hybridized carbons (Fsp3) is 0.167. The van der Waals surface area contributed by atoms with Gasteiger partial charge in [-0.15, -0.1) is 0 Å². The summed E-state index contributed by atoms with van der Waals surface area (Å²) in [6.07, 6.45) is 1.39. The van der Waals surface area contributed by atoms with Crippen LogP contribution in [0.4, 0.5) is 11.5 Å². The van der Waals surface area contributed by atoms with Crippen molar-refractivity contribution in [3.05, 3.63) is 28.4 Å². The van der Waals surface area contributed by atoms with E-state index < -0.39 is 4.92 Å². The predicted octanol–water partition coefficient (Wildman–Crippen LogP) is 1.03. The molecule has 0 atom stereocenters. The molecule has 1 heterocycles. The third-order valence-corrected chi connectivity index (χ3v) is 1.22. The van der Waals surface area contributed by atoms with Gasteiger partial charge in [0.1, 0.15) is 6.20 Å². The minimum atomic E-state index is -0.527. The molecule has 0 fully saturated rings. The van der Waals surface area contributed by atoms with Crippen LogP contribution >= 0.6 is 0 Å². The predicted molar refractivity (Wildman–Crippen MR) is 40.4 cm³/mol. The highest BCUT2D eigenvalue weighted by Gasteiger charge is 2.05. The van der Waals surface area contributed by atoms with Gasteiger partial charge in [-0.2, -0.15) is 0 Å². The topological polar surface area (TPSA) is 68.1 Å². The van der Waals surface area contributed by atoms with Gasteiger partial charge in [-0.25, -0.2) is 0 Å². The quantitative estimate of drug-likeness (QED) is 0.509. The fourth-order valence-corrected chi connectivity index (χ4v) is 0.674. The van der Waals surface area contributed by atoms with Crippen LogP contribution in [0.15, 0.2) is 18.3 Å². The molecule has 11 heavy (non-hydrogen) atoms. The molecule has 58 valence electrons. The van der Waals surface area contributed by atoms with Crippen LogP contribution in [0.5, 0.6) is 0 Å². The van der Waals surface area contributed by atoms with E-state index in [-0.39, 0.29) is 5.82 Å². The van der Waals surface area contributed by atoms with Crippen molar-refractivity contribution in [2.75, 3.05) is 12.4 Å². The Morgan fingerprint density at radius 1 is 1.73 bits per heavy atom. The molecule has 0 radical (unpaired) electrons. The zero-order valence-electron chi connectivity index (χ0n) is 5.94. The summed E-state index contributed by atoms with van der Waals surface area (Å²) in [5.74, 6) is -0.142. The summed E-state index contributed by atoms with van der Waals surface area (Å²) in [5.41, 5.74) is 0.687. The minimum absolute atomic E-state index is 0.142. The summed E-state index contributed by atoms with van der Waals surface area (Å²) in [5, 5.41) is 13.0. The Morgan fingerprint density at radius 3 is 3.00 bits per heavy atom. The molecule has 1 rings (SSSR count). The van der Waals surface area contributed by atoms with E-state index >= 15 is 0 Å². The van der Waals surface area contributed by atoms with E-state index in [9.17, 15) is 10.1 Å². The molecule has 0 unspecified atom stereocenters. The lowest BCUT2D eigenvalue weighted by Gasteiger charge is -1.96. The van der Waals surface area contributed by atoms with Crippen LogP contribution < -0.4 is 5.32 Å². The Kier molecular flexibility index (Phi) is 2.00. The lowest BCUT2D eigenvalue weighted by molar-refractivity contribution is -0.389. The normalized spacial score (nSPS) is 9.18. The molecule has 0 aliphatic carbocycles. The van der Waals surface area contributed by atoms with Crippen molar-refractivity contribution >= 4 is 11.5 Å². The number of nitrogens with zero attached hydrogens (tertiary/aromatic N) is 2. The van der Waals surface area contributed by atoms with Crippen LogP contribution in [-0.2, 0) is 0 Å². The SMILES string of the molecule is CNc1ccnc([N+](=O)[O-])c1. The number of pyridine rings is 1. The smallest absolute Gasteiger partial charge is 0.365 e. The molecule has 0 saturated heterocycles. The largest absolute Gasteiger partial charge is 0.388 e. The maximum Gasteiger partial charge on any atom is 0.365 e. The lowest BCUT2D eigenvalue weighted by atomic mass is 10.4. The van der Waals surface area contributed by atoms with Gasteiger partial charge < -0.3 is 15.4 Å². The standard InChI is InChI=1S/C6H7N3O2/c1-7-5-2-3-8-6(4-5)9(10)11/h2-4H,1H3,(H,7,8). The Bertz CT molecular complexity index is 274. The number of rotatable bonds is 2. The summed E-state index contributed by atoms with van der Waals surface area (Å²) < 4.78 is 0. The zero-order chi connectivity index (χ0) is 8.27. The van der Waals surface area contributed by atoms with E-state index in [0.29, 0.717) is 5.69 Å². The molecule has 0 bridgehead atoms. The fourth-order valence-electron chi connectivity index (χ4n) is 0.674. The molecular formula is C6H7N3O2. The van der Waals surface area contributed by atoms with E-state index in [0.717, 1.165) is 0 Å². The number of hydrogen-bond acceptors (Lipinski definition) is 4. The van der Waals surface area contributed by atoms with E-state index in [1.54, 1.807) is 13.1 Å². The van der Waals surface area contributed by atoms with Gasteiger partial charge in [-0.3, -0.25) is 0 Å². The second-order valence-electron chi connectivity index (χ2n) is 1.91. The summed E-state index contributed by atoms with van der Waals surface area (Å²) >= 11 is 0. The number of aromatic nitrogens is 1. The molecule has 5 heteroatoms. The number of anilines is 1. The monoisotopic (exact) mass is 153 g/mol. The van der Waals surface area contributed by atoms with Crippen molar-refractivity contribution in [2.45, 2.75) is 0 Å². The molecule has 0 spiro atoms. The molecule has 0 amide bonds. The van der Waals surface area contributed by atoms with E-state index in [1.807, 2.05) is 0 Å². The average molecular weight is 153 g/mol. The maximum atomic E-state index is 10.2. The summed E-state index contributed by atoms with van der Waals surface area (Å²) in [6, 6.07) is 3.03. The molecule has 0 aliphatic heterocycles. The number of nitro groups is 1. The van der Waals surface area contributed by atoms with Crippen molar-refractivity contribution in [3.63, 3.8) is 0 Å². The summed E-state index contributed by atoms with van der Waals surface area (Å²) in [7, 11) is 1.69. The van der Waals surface area contributed by atoms with Crippen molar-refractivity contribution < 1.29 is 4.92 Å². The second-order valence-corrected chi connectivity index (χ2v) is 1.91. The number of hydrogen-bond donors (Lipinski definition) is 1. The van der Waals surface area contributed by atoms with Gasteiger partial charge in [0.15, 0.2) is 0 Å². The van der Waals surface area contributed by atoms with Crippen LogP contribution in [0.2, 0.25) is 0 Å². The molecule has 5 nitrogen and oxygen atoms in total. The first-order chi connectivity index (χ1) is 5.24. The highest BCUT2D eigenvalue weighted by Crippen LogP contribution is 2.12. The van der Waals surface area contributed by atoms with Crippen molar-refractivity contribution in [1.29, 1.82) is 0 Å². The highest BCUT2D eigenvalue weighted by molar-refractivity contribution is 5.46. The molecule has 0 aromatic carbocycles. The Balaban J connectivity index is 3.01. The second kappa shape index (κ2) is 2.96. The molecule has 0 saturated carbocycles. The molecule has 1 aromatic heterocycles. The maximum absolute atomic E-state index is 10.2. The first-order valence-corrected chi connectivity index (χ1v) is 3.02. The van der Waals surface area contributed by atoms with Gasteiger partial charge in [0.25, 0.3) is 0 Å². The molecule has 1 aromatic rings. The third kappa shape index (κ3) is 1.64.